The molecular formula is C19H25N3O3S. The first-order valence-corrected chi connectivity index (χ1v) is 9.42. The minimum atomic E-state index is -0.0812. The molecule has 3 rings (SSSR count). The Morgan fingerprint density at radius 3 is 2.54 bits per heavy atom. The van der Waals surface area contributed by atoms with E-state index in [0.717, 1.165) is 42.6 Å². The number of nitrogens with zero attached hydrogens (tertiary/aromatic N) is 3. The SMILES string of the molecule is CCOC(=O)C1CCN(Cn2nc(-c3cc(C)cc(C)c3)oc2=S)CC1. The smallest absolute Gasteiger partial charge is 0.309 e. The largest absolute Gasteiger partial charge is 0.466 e. The lowest BCUT2D eigenvalue weighted by atomic mass is 9.97. The second-order valence-electron chi connectivity index (χ2n) is 6.83. The number of piperidine rings is 1. The van der Waals surface area contributed by atoms with Crippen molar-refractivity contribution in [2.24, 2.45) is 5.92 Å². The predicted octanol–water partition coefficient (Wildman–Crippen LogP) is 3.72. The van der Waals surface area contributed by atoms with Crippen LogP contribution in [0.5, 0.6) is 0 Å². The Kier molecular flexibility index (Phi) is 5.88. The number of carbonyl (C=O) groups excluding carboxylic acids is 1. The van der Waals surface area contributed by atoms with E-state index in [2.05, 4.69) is 29.9 Å². The van der Waals surface area contributed by atoms with Crippen LogP contribution in [0.15, 0.2) is 22.6 Å². The Balaban J connectivity index is 1.66. The van der Waals surface area contributed by atoms with Crippen molar-refractivity contribution in [1.82, 2.24) is 14.7 Å². The molecule has 26 heavy (non-hydrogen) atoms. The number of ether oxygens (including phenoxy) is 1. The van der Waals surface area contributed by atoms with Crippen molar-refractivity contribution in [2.45, 2.75) is 40.3 Å². The van der Waals surface area contributed by atoms with E-state index in [9.17, 15) is 4.79 Å². The molecule has 2 aromatic rings. The van der Waals surface area contributed by atoms with Gasteiger partial charge in [-0.2, -0.15) is 0 Å². The van der Waals surface area contributed by atoms with Gasteiger partial charge in [0.1, 0.15) is 0 Å². The fraction of sp³-hybridized carbons (Fsp3) is 0.526. The molecule has 140 valence electrons. The number of likely N-dealkylation sites (tertiary alicyclic amines) is 1. The van der Waals surface area contributed by atoms with Crippen LogP contribution >= 0.6 is 12.2 Å². The van der Waals surface area contributed by atoms with Gasteiger partial charge in [-0.05, 0) is 58.0 Å². The minimum absolute atomic E-state index is 0.00214. The van der Waals surface area contributed by atoms with Crippen molar-refractivity contribution in [1.29, 1.82) is 0 Å². The highest BCUT2D eigenvalue weighted by Crippen LogP contribution is 2.22. The standard InChI is InChI=1S/C19H25N3O3S/c1-4-24-18(23)15-5-7-21(8-6-15)12-22-19(26)25-17(20-22)16-10-13(2)9-14(3)11-16/h9-11,15H,4-8,12H2,1-3H3. The molecule has 0 spiro atoms. The Labute approximate surface area is 158 Å². The lowest BCUT2D eigenvalue weighted by Crippen LogP contribution is -2.38. The summed E-state index contributed by atoms with van der Waals surface area (Å²) in [6, 6.07) is 6.20. The third-order valence-corrected chi connectivity index (χ3v) is 4.91. The van der Waals surface area contributed by atoms with Crippen LogP contribution in [0.2, 0.25) is 0 Å². The van der Waals surface area contributed by atoms with Crippen molar-refractivity contribution < 1.29 is 13.9 Å². The van der Waals surface area contributed by atoms with E-state index in [1.165, 1.54) is 0 Å². The molecule has 0 N–H and O–H groups in total. The predicted molar refractivity (Wildman–Crippen MR) is 101 cm³/mol. The highest BCUT2D eigenvalue weighted by Gasteiger charge is 2.26. The van der Waals surface area contributed by atoms with Crippen LogP contribution < -0.4 is 0 Å². The van der Waals surface area contributed by atoms with E-state index >= 15 is 0 Å². The highest BCUT2D eigenvalue weighted by atomic mass is 32.1. The second-order valence-corrected chi connectivity index (χ2v) is 7.18. The number of esters is 1. The molecule has 0 atom stereocenters. The van der Waals surface area contributed by atoms with Crippen LogP contribution in [-0.4, -0.2) is 40.3 Å². The third kappa shape index (κ3) is 4.40. The van der Waals surface area contributed by atoms with Gasteiger partial charge < -0.3 is 9.15 Å². The van der Waals surface area contributed by atoms with E-state index in [1.807, 2.05) is 19.1 Å². The molecule has 0 aliphatic carbocycles. The summed E-state index contributed by atoms with van der Waals surface area (Å²) in [5.74, 6) is 0.466. The molecule has 2 heterocycles. The van der Waals surface area contributed by atoms with Gasteiger partial charge in [0.05, 0.1) is 19.2 Å². The van der Waals surface area contributed by atoms with Gasteiger partial charge in [-0.25, -0.2) is 4.68 Å². The minimum Gasteiger partial charge on any atom is -0.466 e. The van der Waals surface area contributed by atoms with Gasteiger partial charge in [0.2, 0.25) is 5.89 Å². The molecular weight excluding hydrogens is 350 g/mol. The first-order valence-electron chi connectivity index (χ1n) is 9.02. The summed E-state index contributed by atoms with van der Waals surface area (Å²) < 4.78 is 12.5. The summed E-state index contributed by atoms with van der Waals surface area (Å²) in [4.78, 5) is 14.4. The number of benzene rings is 1. The summed E-state index contributed by atoms with van der Waals surface area (Å²) in [6.07, 6.45) is 1.60. The summed E-state index contributed by atoms with van der Waals surface area (Å²) in [7, 11) is 0. The van der Waals surface area contributed by atoms with Crippen molar-refractivity contribution in [2.75, 3.05) is 19.7 Å². The van der Waals surface area contributed by atoms with Crippen LogP contribution in [0.1, 0.15) is 30.9 Å². The normalized spacial score (nSPS) is 16.0. The molecule has 0 bridgehead atoms. The Morgan fingerprint density at radius 2 is 1.92 bits per heavy atom. The van der Waals surface area contributed by atoms with E-state index in [0.29, 0.717) is 24.0 Å². The average Bonchev–Trinajstić information content (AvgIpc) is 2.96. The van der Waals surface area contributed by atoms with Crippen LogP contribution in [0.4, 0.5) is 0 Å². The van der Waals surface area contributed by atoms with E-state index < -0.39 is 0 Å². The Hall–Kier alpha value is -1.99. The molecule has 1 aromatic carbocycles. The van der Waals surface area contributed by atoms with Gasteiger partial charge in [-0.1, -0.05) is 17.2 Å². The molecule has 6 nitrogen and oxygen atoms in total. The molecule has 7 heteroatoms. The summed E-state index contributed by atoms with van der Waals surface area (Å²) in [5, 5.41) is 4.55. The fourth-order valence-electron chi connectivity index (χ4n) is 3.37. The zero-order valence-electron chi connectivity index (χ0n) is 15.5. The van der Waals surface area contributed by atoms with E-state index in [-0.39, 0.29) is 11.9 Å². The molecule has 1 saturated heterocycles. The summed E-state index contributed by atoms with van der Waals surface area (Å²) in [5.41, 5.74) is 3.27. The van der Waals surface area contributed by atoms with Crippen LogP contribution in [0.25, 0.3) is 11.5 Å². The van der Waals surface area contributed by atoms with Gasteiger partial charge in [0.25, 0.3) is 4.84 Å². The lowest BCUT2D eigenvalue weighted by molar-refractivity contribution is -0.149. The zero-order chi connectivity index (χ0) is 18.7. The van der Waals surface area contributed by atoms with Gasteiger partial charge >= 0.3 is 5.97 Å². The molecule has 0 saturated carbocycles. The molecule has 1 aromatic heterocycles. The first-order chi connectivity index (χ1) is 12.5. The fourth-order valence-corrected chi connectivity index (χ4v) is 3.55. The Morgan fingerprint density at radius 1 is 1.27 bits per heavy atom. The number of aromatic nitrogens is 2. The summed E-state index contributed by atoms with van der Waals surface area (Å²) in [6.45, 7) is 8.59. The van der Waals surface area contributed by atoms with Crippen LogP contribution in [-0.2, 0) is 16.2 Å². The zero-order valence-corrected chi connectivity index (χ0v) is 16.3. The molecule has 1 aliphatic heterocycles. The van der Waals surface area contributed by atoms with Gasteiger partial charge in [-0.3, -0.25) is 9.69 Å². The quantitative estimate of drug-likeness (QED) is 0.586. The van der Waals surface area contributed by atoms with Gasteiger partial charge in [-0.15, -0.1) is 5.10 Å². The number of rotatable bonds is 5. The number of carbonyl (C=O) groups is 1. The maximum absolute atomic E-state index is 11.8. The van der Waals surface area contributed by atoms with Gasteiger partial charge in [0.15, 0.2) is 0 Å². The topological polar surface area (TPSA) is 60.5 Å². The number of hydrogen-bond acceptors (Lipinski definition) is 6. The molecule has 1 fully saturated rings. The van der Waals surface area contributed by atoms with Crippen molar-refractivity contribution in [3.63, 3.8) is 0 Å². The molecule has 1 aliphatic rings. The summed E-state index contributed by atoms with van der Waals surface area (Å²) >= 11 is 5.34. The first kappa shape index (κ1) is 18.8. The maximum atomic E-state index is 11.8. The van der Waals surface area contributed by atoms with E-state index in [4.69, 9.17) is 21.4 Å². The molecule has 0 unspecified atom stereocenters. The number of aryl methyl sites for hydroxylation is 2. The van der Waals surface area contributed by atoms with Crippen LogP contribution in [0.3, 0.4) is 0 Å². The highest BCUT2D eigenvalue weighted by molar-refractivity contribution is 7.71. The van der Waals surface area contributed by atoms with Gasteiger partial charge in [0, 0.05) is 18.7 Å². The lowest BCUT2D eigenvalue weighted by Gasteiger charge is -2.30. The molecule has 0 radical (unpaired) electrons. The maximum Gasteiger partial charge on any atom is 0.309 e. The average molecular weight is 375 g/mol. The van der Waals surface area contributed by atoms with Crippen LogP contribution in [0, 0.1) is 24.6 Å². The van der Waals surface area contributed by atoms with Crippen molar-refractivity contribution >= 4 is 18.2 Å². The third-order valence-electron chi connectivity index (χ3n) is 4.62. The Bertz CT molecular complexity index is 815. The molecule has 0 amide bonds. The monoisotopic (exact) mass is 375 g/mol. The van der Waals surface area contributed by atoms with Crippen molar-refractivity contribution in [3.05, 3.63) is 34.2 Å². The second kappa shape index (κ2) is 8.14. The number of hydrogen-bond donors (Lipinski definition) is 0. The van der Waals surface area contributed by atoms with E-state index in [1.54, 1.807) is 4.68 Å². The van der Waals surface area contributed by atoms with Crippen molar-refractivity contribution in [3.8, 4) is 11.5 Å².